The summed E-state index contributed by atoms with van der Waals surface area (Å²) in [6, 6.07) is 4.63. The smallest absolute Gasteiger partial charge is 0.477 e. The molecule has 156 valence electrons. The van der Waals surface area contributed by atoms with Gasteiger partial charge in [-0.1, -0.05) is 18.2 Å². The van der Waals surface area contributed by atoms with Crippen molar-refractivity contribution < 1.29 is 27.4 Å². The van der Waals surface area contributed by atoms with E-state index in [1.165, 1.54) is 19.1 Å². The van der Waals surface area contributed by atoms with Crippen molar-refractivity contribution >= 4 is 5.82 Å². The topological polar surface area (TPSA) is 65.5 Å². The number of anilines is 1. The molecule has 6 nitrogen and oxygen atoms in total. The molecule has 3 rings (SSSR count). The van der Waals surface area contributed by atoms with E-state index >= 15 is 0 Å². The van der Waals surface area contributed by atoms with Gasteiger partial charge in [-0.05, 0) is 38.5 Å². The van der Waals surface area contributed by atoms with Crippen LogP contribution in [0.4, 0.5) is 19.0 Å². The highest BCUT2D eigenvalue weighted by Crippen LogP contribution is 2.32. The standard InChI is InChI=1S/C20H22F3N3O3/c1-4-27-19-15(10-14(21)11-24-19)18-12(2)8-9-16(26-18)25-17-7-5-6-13(3)28-20(22,23)29-17/h5-6,8-11,13,17H,4,7H2,1-3H3,(H,25,26). The van der Waals surface area contributed by atoms with E-state index in [-0.39, 0.29) is 18.1 Å². The summed E-state index contributed by atoms with van der Waals surface area (Å²) in [6.45, 7) is 5.43. The SMILES string of the molecule is CCOc1ncc(F)cc1-c1nc(NC2CC=CC(C)OC(F)(F)O2)ccc1C. The van der Waals surface area contributed by atoms with Gasteiger partial charge in [-0.15, -0.1) is 8.78 Å². The van der Waals surface area contributed by atoms with Gasteiger partial charge in [-0.3, -0.25) is 9.47 Å². The quantitative estimate of drug-likeness (QED) is 0.725. The third-order valence-electron chi connectivity index (χ3n) is 4.12. The average molecular weight is 409 g/mol. The van der Waals surface area contributed by atoms with Crippen LogP contribution in [0, 0.1) is 12.7 Å². The summed E-state index contributed by atoms with van der Waals surface area (Å²) >= 11 is 0. The van der Waals surface area contributed by atoms with E-state index in [1.54, 1.807) is 32.1 Å². The number of alkyl halides is 2. The Kier molecular flexibility index (Phi) is 6.39. The van der Waals surface area contributed by atoms with E-state index in [0.29, 0.717) is 17.9 Å². The van der Waals surface area contributed by atoms with Crippen molar-refractivity contribution in [3.63, 3.8) is 0 Å². The lowest BCUT2D eigenvalue weighted by Gasteiger charge is -2.27. The molecule has 0 saturated carbocycles. The minimum Gasteiger partial charge on any atom is -0.477 e. The van der Waals surface area contributed by atoms with E-state index in [1.807, 2.05) is 0 Å². The van der Waals surface area contributed by atoms with Crippen LogP contribution in [0.3, 0.4) is 0 Å². The van der Waals surface area contributed by atoms with Gasteiger partial charge >= 0.3 is 6.29 Å². The molecule has 2 atom stereocenters. The highest BCUT2D eigenvalue weighted by molar-refractivity contribution is 5.69. The van der Waals surface area contributed by atoms with Crippen LogP contribution < -0.4 is 10.1 Å². The molecule has 29 heavy (non-hydrogen) atoms. The maximum Gasteiger partial charge on any atom is 0.487 e. The molecule has 1 aliphatic rings. The van der Waals surface area contributed by atoms with Crippen LogP contribution >= 0.6 is 0 Å². The van der Waals surface area contributed by atoms with Gasteiger partial charge < -0.3 is 10.1 Å². The number of hydrogen-bond donors (Lipinski definition) is 1. The van der Waals surface area contributed by atoms with Crippen molar-refractivity contribution in [2.45, 2.75) is 45.8 Å². The molecule has 3 heterocycles. The number of nitrogens with zero attached hydrogens (tertiary/aromatic N) is 2. The van der Waals surface area contributed by atoms with E-state index in [0.717, 1.165) is 11.8 Å². The van der Waals surface area contributed by atoms with Gasteiger partial charge in [-0.25, -0.2) is 14.4 Å². The summed E-state index contributed by atoms with van der Waals surface area (Å²) in [7, 11) is 0. The highest BCUT2D eigenvalue weighted by Gasteiger charge is 2.38. The van der Waals surface area contributed by atoms with E-state index < -0.39 is 24.4 Å². The Morgan fingerprint density at radius 1 is 1.31 bits per heavy atom. The number of ether oxygens (including phenoxy) is 3. The largest absolute Gasteiger partial charge is 0.487 e. The lowest BCUT2D eigenvalue weighted by molar-refractivity contribution is -0.411. The zero-order chi connectivity index (χ0) is 21.0. The Labute approximate surface area is 166 Å². The van der Waals surface area contributed by atoms with Crippen LogP contribution in [0.5, 0.6) is 5.88 Å². The van der Waals surface area contributed by atoms with Crippen LogP contribution in [-0.2, 0) is 9.47 Å². The average Bonchev–Trinajstić information content (AvgIpc) is 2.63. The molecule has 0 radical (unpaired) electrons. The Bertz CT molecular complexity index is 893. The van der Waals surface area contributed by atoms with Crippen molar-refractivity contribution in [3.05, 3.63) is 47.9 Å². The van der Waals surface area contributed by atoms with Crippen molar-refractivity contribution in [1.29, 1.82) is 0 Å². The maximum atomic E-state index is 13.8. The summed E-state index contributed by atoms with van der Waals surface area (Å²) < 4.78 is 56.2. The minimum atomic E-state index is -3.75. The fourth-order valence-electron chi connectivity index (χ4n) is 2.87. The summed E-state index contributed by atoms with van der Waals surface area (Å²) in [5, 5.41) is 2.82. The van der Waals surface area contributed by atoms with Crippen LogP contribution in [0.2, 0.25) is 0 Å². The van der Waals surface area contributed by atoms with Gasteiger partial charge in [0.2, 0.25) is 5.88 Å². The lowest BCUT2D eigenvalue weighted by Crippen LogP contribution is -2.38. The van der Waals surface area contributed by atoms with Gasteiger partial charge in [0.15, 0.2) is 0 Å². The summed E-state index contributed by atoms with van der Waals surface area (Å²) in [4.78, 5) is 8.42. The number of aryl methyl sites for hydroxylation is 1. The first-order valence-corrected chi connectivity index (χ1v) is 9.20. The third-order valence-corrected chi connectivity index (χ3v) is 4.12. The van der Waals surface area contributed by atoms with Crippen LogP contribution in [-0.4, -0.2) is 35.2 Å². The van der Waals surface area contributed by atoms with Gasteiger partial charge in [0.05, 0.1) is 30.2 Å². The molecular formula is C20H22F3N3O3. The fraction of sp³-hybridized carbons (Fsp3) is 0.400. The molecule has 0 bridgehead atoms. The Balaban J connectivity index is 1.90. The van der Waals surface area contributed by atoms with Crippen molar-refractivity contribution in [2.75, 3.05) is 11.9 Å². The number of halogens is 3. The molecular weight excluding hydrogens is 387 g/mol. The molecule has 9 heteroatoms. The van der Waals surface area contributed by atoms with E-state index in [2.05, 4.69) is 20.0 Å². The molecule has 0 spiro atoms. The second-order valence-electron chi connectivity index (χ2n) is 6.50. The lowest BCUT2D eigenvalue weighted by atomic mass is 10.1. The van der Waals surface area contributed by atoms with Crippen molar-refractivity contribution in [2.24, 2.45) is 0 Å². The van der Waals surface area contributed by atoms with E-state index in [9.17, 15) is 13.2 Å². The molecule has 2 unspecified atom stereocenters. The molecule has 0 fully saturated rings. The number of hydrogen-bond acceptors (Lipinski definition) is 6. The van der Waals surface area contributed by atoms with Crippen LogP contribution in [0.25, 0.3) is 11.3 Å². The predicted octanol–water partition coefficient (Wildman–Crippen LogP) is 4.66. The van der Waals surface area contributed by atoms with Crippen molar-refractivity contribution in [1.82, 2.24) is 9.97 Å². The first-order chi connectivity index (χ1) is 13.8. The zero-order valence-electron chi connectivity index (χ0n) is 16.3. The molecule has 2 aromatic heterocycles. The zero-order valence-corrected chi connectivity index (χ0v) is 16.3. The maximum absolute atomic E-state index is 13.8. The number of rotatable bonds is 5. The minimum absolute atomic E-state index is 0.180. The number of nitrogens with one attached hydrogen (secondary N) is 1. The van der Waals surface area contributed by atoms with Gasteiger partial charge in [-0.2, -0.15) is 0 Å². The monoisotopic (exact) mass is 409 g/mol. The third kappa shape index (κ3) is 5.45. The van der Waals surface area contributed by atoms with Crippen LogP contribution in [0.15, 0.2) is 36.5 Å². The molecule has 1 N–H and O–H groups in total. The highest BCUT2D eigenvalue weighted by atomic mass is 19.3. The second-order valence-corrected chi connectivity index (χ2v) is 6.50. The molecule has 2 aromatic rings. The molecule has 0 amide bonds. The molecule has 0 aromatic carbocycles. The Morgan fingerprint density at radius 3 is 2.86 bits per heavy atom. The van der Waals surface area contributed by atoms with Gasteiger partial charge in [0, 0.05) is 6.42 Å². The number of pyridine rings is 2. The summed E-state index contributed by atoms with van der Waals surface area (Å²) in [6.07, 6.45) is -1.13. The first kappa shape index (κ1) is 21.1. The van der Waals surface area contributed by atoms with Crippen LogP contribution in [0.1, 0.15) is 25.8 Å². The summed E-state index contributed by atoms with van der Waals surface area (Å²) in [5.74, 6) is -0.0248. The molecule has 0 aliphatic carbocycles. The Hall–Kier alpha value is -2.65. The predicted molar refractivity (Wildman–Crippen MR) is 101 cm³/mol. The normalized spacial score (nSPS) is 21.3. The fourth-order valence-corrected chi connectivity index (χ4v) is 2.87. The molecule has 0 saturated heterocycles. The summed E-state index contributed by atoms with van der Waals surface area (Å²) in [5.41, 5.74) is 1.53. The Morgan fingerprint density at radius 2 is 2.10 bits per heavy atom. The number of aromatic nitrogens is 2. The molecule has 1 aliphatic heterocycles. The van der Waals surface area contributed by atoms with Gasteiger partial charge in [0.1, 0.15) is 17.9 Å². The van der Waals surface area contributed by atoms with E-state index in [4.69, 9.17) is 9.47 Å². The van der Waals surface area contributed by atoms with Gasteiger partial charge in [0.25, 0.3) is 0 Å². The first-order valence-electron chi connectivity index (χ1n) is 9.20. The van der Waals surface area contributed by atoms with Crippen molar-refractivity contribution in [3.8, 4) is 17.1 Å². The second kappa shape index (κ2) is 8.79.